The van der Waals surface area contributed by atoms with Crippen molar-refractivity contribution in [2.45, 2.75) is 57.7 Å². The third-order valence-electron chi connectivity index (χ3n) is 9.69. The molecule has 6 aromatic carbocycles. The molecule has 1 aliphatic rings. The van der Waals surface area contributed by atoms with Gasteiger partial charge in [-0.25, -0.2) is 0 Å². The van der Waals surface area contributed by atoms with E-state index in [1.807, 2.05) is 85.8 Å². The van der Waals surface area contributed by atoms with Crippen LogP contribution in [0.25, 0.3) is 0 Å². The third-order valence-corrected chi connectivity index (χ3v) is 10.4. The van der Waals surface area contributed by atoms with Gasteiger partial charge in [0.15, 0.2) is 0 Å². The van der Waals surface area contributed by atoms with E-state index in [2.05, 4.69) is 133 Å². The molecular weight excluding hydrogens is 674 g/mol. The van der Waals surface area contributed by atoms with Gasteiger partial charge in [-0.3, -0.25) is 5.41 Å². The average molecular weight is 723 g/mol. The fraction of sp³-hybridized carbons (Fsp3) is 0.196. The molecule has 254 valence electrons. The summed E-state index contributed by atoms with van der Waals surface area (Å²) in [6, 6.07) is 59.3. The molecule has 50 heavy (non-hydrogen) atoms. The maximum Gasteiger partial charge on any atom is 0.0799 e. The first-order valence-electron chi connectivity index (χ1n) is 17.4. The molecule has 0 aromatic heterocycles. The van der Waals surface area contributed by atoms with E-state index < -0.39 is 0 Å². The lowest BCUT2D eigenvalue weighted by Crippen LogP contribution is -2.35. The maximum absolute atomic E-state index is 7.97. The Morgan fingerprint density at radius 2 is 1.02 bits per heavy atom. The molecule has 0 saturated carbocycles. The molecule has 0 amide bonds. The predicted molar refractivity (Wildman–Crippen MR) is 217 cm³/mol. The minimum Gasteiger partial charge on any atom is -0.357 e. The van der Waals surface area contributed by atoms with Crippen molar-refractivity contribution in [3.63, 3.8) is 0 Å². The van der Waals surface area contributed by atoms with Crippen molar-refractivity contribution >= 4 is 27.3 Å². The van der Waals surface area contributed by atoms with Crippen LogP contribution in [0.3, 0.4) is 0 Å². The molecule has 3 N–H and O–H groups in total. The van der Waals surface area contributed by atoms with Crippen molar-refractivity contribution in [2.75, 3.05) is 4.90 Å². The Kier molecular flexibility index (Phi) is 13.0. The van der Waals surface area contributed by atoms with E-state index in [0.717, 1.165) is 15.6 Å². The van der Waals surface area contributed by atoms with Crippen LogP contribution in [-0.4, -0.2) is 17.8 Å². The highest BCUT2D eigenvalue weighted by atomic mass is 79.9. The molecule has 7 rings (SSSR count). The fourth-order valence-electron chi connectivity index (χ4n) is 6.49. The average Bonchev–Trinajstić information content (AvgIpc) is 3.42. The molecule has 0 aliphatic carbocycles. The van der Waals surface area contributed by atoms with Gasteiger partial charge in [-0.05, 0) is 65.3 Å². The van der Waals surface area contributed by atoms with Crippen molar-refractivity contribution < 1.29 is 0 Å². The summed E-state index contributed by atoms with van der Waals surface area (Å²) in [5.74, 6) is 0.941. The molecule has 1 aliphatic heterocycles. The van der Waals surface area contributed by atoms with Crippen molar-refractivity contribution in [1.29, 1.82) is 5.41 Å². The van der Waals surface area contributed by atoms with Gasteiger partial charge in [0.25, 0.3) is 0 Å². The molecule has 6 aromatic rings. The lowest BCUT2D eigenvalue weighted by molar-refractivity contribution is 0.558. The summed E-state index contributed by atoms with van der Waals surface area (Å²) in [5.41, 5.74) is 15.1. The van der Waals surface area contributed by atoms with Gasteiger partial charge in [0.2, 0.25) is 0 Å². The highest BCUT2D eigenvalue weighted by Gasteiger charge is 2.37. The van der Waals surface area contributed by atoms with Crippen LogP contribution in [0.5, 0.6) is 0 Å². The normalized spacial score (nSPS) is 15.9. The summed E-state index contributed by atoms with van der Waals surface area (Å²) >= 11 is 3.51. The van der Waals surface area contributed by atoms with Gasteiger partial charge in [0.05, 0.1) is 11.8 Å². The summed E-state index contributed by atoms with van der Waals surface area (Å²) in [6.45, 7) is 8.87. The number of fused-ring (bicyclic) bond motifs is 1. The number of hydrogen-bond acceptors (Lipinski definition) is 3. The van der Waals surface area contributed by atoms with E-state index in [9.17, 15) is 0 Å². The van der Waals surface area contributed by atoms with Gasteiger partial charge >= 0.3 is 0 Å². The van der Waals surface area contributed by atoms with Crippen LogP contribution in [0.15, 0.2) is 174 Å². The number of nitrogens with one attached hydrogen (secondary N) is 1. The first-order valence-corrected chi connectivity index (χ1v) is 18.2. The molecule has 3 nitrogen and oxygen atoms in total. The molecule has 0 fully saturated rings. The Labute approximate surface area is 307 Å². The molecular formula is C46H48BrN3. The Morgan fingerprint density at radius 3 is 1.50 bits per heavy atom. The van der Waals surface area contributed by atoms with Gasteiger partial charge in [-0.1, -0.05) is 188 Å². The molecule has 1 heterocycles. The van der Waals surface area contributed by atoms with Crippen LogP contribution < -0.4 is 10.6 Å². The van der Waals surface area contributed by atoms with E-state index >= 15 is 0 Å². The molecule has 0 bridgehead atoms. The van der Waals surface area contributed by atoms with Crippen molar-refractivity contribution in [3.05, 3.63) is 208 Å². The monoisotopic (exact) mass is 721 g/mol. The number of nitrogens with two attached hydrogens (primary N) is 1. The lowest BCUT2D eigenvalue weighted by Gasteiger charge is -2.36. The second-order valence-electron chi connectivity index (χ2n) is 13.0. The van der Waals surface area contributed by atoms with Crippen molar-refractivity contribution in [2.24, 2.45) is 5.73 Å². The van der Waals surface area contributed by atoms with E-state index in [1.54, 1.807) is 0 Å². The molecule has 0 saturated heterocycles. The van der Waals surface area contributed by atoms with Crippen LogP contribution >= 0.6 is 15.9 Å². The van der Waals surface area contributed by atoms with Crippen LogP contribution in [0.4, 0.5) is 5.69 Å². The standard InChI is InChI=1S/C23H23N.C13H11N.C10H14BrN/c1-17-18(2)24(22-16-10-9-15-21(17)22)23(19-11-5-3-6-12-19)20-13-7-4-8-14-20;14-13(11-7-3-1-4-8-11)12-9-5-2-6-10-12;1-7(8(2)12)9-5-3-4-6-10(9)11/h3-18,23H,1-2H3;1-10,14H;3-8H,12H2,1-2H3/t17-,18+;;7-,8+/m0.0/s1. The number of hydrogen-bond donors (Lipinski definition) is 2. The number of para-hydroxylation sites is 1. The van der Waals surface area contributed by atoms with Crippen molar-refractivity contribution in [3.8, 4) is 0 Å². The summed E-state index contributed by atoms with van der Waals surface area (Å²) < 4.78 is 1.15. The van der Waals surface area contributed by atoms with E-state index in [-0.39, 0.29) is 12.1 Å². The summed E-state index contributed by atoms with van der Waals surface area (Å²) in [5, 5.41) is 7.97. The van der Waals surface area contributed by atoms with E-state index in [4.69, 9.17) is 11.1 Å². The Morgan fingerprint density at radius 1 is 0.600 bits per heavy atom. The number of nitrogens with zero attached hydrogens (tertiary/aromatic N) is 1. The van der Waals surface area contributed by atoms with Gasteiger partial charge in [-0.15, -0.1) is 0 Å². The highest BCUT2D eigenvalue weighted by molar-refractivity contribution is 9.10. The molecule has 0 unspecified atom stereocenters. The minimum absolute atomic E-state index is 0.198. The van der Waals surface area contributed by atoms with Crippen LogP contribution in [0.1, 0.15) is 79.0 Å². The van der Waals surface area contributed by atoms with Crippen LogP contribution in [-0.2, 0) is 0 Å². The van der Waals surface area contributed by atoms with Crippen LogP contribution in [0.2, 0.25) is 0 Å². The maximum atomic E-state index is 7.97. The van der Waals surface area contributed by atoms with E-state index in [1.165, 1.54) is 27.9 Å². The number of anilines is 1. The summed E-state index contributed by atoms with van der Waals surface area (Å²) in [7, 11) is 0. The topological polar surface area (TPSA) is 53.1 Å². The minimum atomic E-state index is 0.198. The zero-order valence-electron chi connectivity index (χ0n) is 29.5. The highest BCUT2D eigenvalue weighted by Crippen LogP contribution is 2.46. The third kappa shape index (κ3) is 8.87. The predicted octanol–water partition coefficient (Wildman–Crippen LogP) is 11.8. The zero-order valence-corrected chi connectivity index (χ0v) is 31.0. The number of benzene rings is 6. The van der Waals surface area contributed by atoms with E-state index in [0.29, 0.717) is 23.6 Å². The summed E-state index contributed by atoms with van der Waals surface area (Å²) in [6.07, 6.45) is 0. The van der Waals surface area contributed by atoms with Crippen molar-refractivity contribution in [1.82, 2.24) is 0 Å². The first kappa shape index (κ1) is 36.5. The zero-order chi connectivity index (χ0) is 35.5. The van der Waals surface area contributed by atoms with Gasteiger partial charge in [0.1, 0.15) is 0 Å². The van der Waals surface area contributed by atoms with Gasteiger partial charge < -0.3 is 10.6 Å². The first-order chi connectivity index (χ1) is 24.3. The SMILES string of the molecule is C[C@@H]1c2ccccc2N(C(c2ccccc2)c2ccccc2)[C@@H]1C.C[C@H](c1ccccc1Br)[C@@H](C)N.N=C(c1ccccc1)c1ccccc1. The fourth-order valence-corrected chi connectivity index (χ4v) is 7.14. The van der Waals surface area contributed by atoms with Crippen LogP contribution in [0, 0.1) is 5.41 Å². The molecule has 0 radical (unpaired) electrons. The molecule has 0 spiro atoms. The summed E-state index contributed by atoms with van der Waals surface area (Å²) in [4.78, 5) is 2.60. The Hall–Kier alpha value is -4.77. The quantitative estimate of drug-likeness (QED) is 0.161. The number of halogens is 1. The Balaban J connectivity index is 0.000000159. The Bertz CT molecular complexity index is 1830. The number of rotatable bonds is 7. The van der Waals surface area contributed by atoms with Gasteiger partial charge in [0, 0.05) is 28.2 Å². The smallest absolute Gasteiger partial charge is 0.0799 e. The second-order valence-corrected chi connectivity index (χ2v) is 13.8. The van der Waals surface area contributed by atoms with Gasteiger partial charge in [-0.2, -0.15) is 0 Å². The largest absolute Gasteiger partial charge is 0.357 e. The molecule has 4 atom stereocenters. The second kappa shape index (κ2) is 17.8. The lowest BCUT2D eigenvalue weighted by atomic mass is 9.95. The molecule has 4 heteroatoms.